The van der Waals surface area contributed by atoms with Gasteiger partial charge in [0, 0.05) is 6.20 Å². The molecule has 138 valence electrons. The van der Waals surface area contributed by atoms with Crippen molar-refractivity contribution in [2.24, 2.45) is 0 Å². The van der Waals surface area contributed by atoms with E-state index < -0.39 is 0 Å². The maximum atomic E-state index is 6.09. The van der Waals surface area contributed by atoms with Crippen LogP contribution in [0.3, 0.4) is 0 Å². The average molecular weight is 358 g/mol. The Labute approximate surface area is 161 Å². The molecular formula is C24H26N2O. The van der Waals surface area contributed by atoms with Crippen molar-refractivity contribution < 1.29 is 4.74 Å². The summed E-state index contributed by atoms with van der Waals surface area (Å²) in [6, 6.07) is 14.9. The first-order valence-electron chi connectivity index (χ1n) is 9.41. The van der Waals surface area contributed by atoms with Crippen LogP contribution in [0.15, 0.2) is 48.7 Å². The van der Waals surface area contributed by atoms with Gasteiger partial charge in [-0.1, -0.05) is 39.0 Å². The molecule has 0 amide bonds. The number of pyridine rings is 1. The summed E-state index contributed by atoms with van der Waals surface area (Å²) in [5.41, 5.74) is 8.42. The fraction of sp³-hybridized carbons (Fsp3) is 0.292. The van der Waals surface area contributed by atoms with Gasteiger partial charge in [-0.2, -0.15) is 0 Å². The molecule has 1 aromatic heterocycles. The van der Waals surface area contributed by atoms with E-state index in [1.165, 1.54) is 27.9 Å². The fourth-order valence-electron chi connectivity index (χ4n) is 3.74. The third kappa shape index (κ3) is 2.97. The maximum Gasteiger partial charge on any atom is 0.243 e. The number of ether oxygens (including phenoxy) is 1. The summed E-state index contributed by atoms with van der Waals surface area (Å²) in [5, 5.41) is 0. The molecule has 3 aromatic rings. The largest absolute Gasteiger partial charge is 0.435 e. The Hall–Kier alpha value is -2.81. The highest BCUT2D eigenvalue weighted by Gasteiger charge is 2.29. The summed E-state index contributed by atoms with van der Waals surface area (Å²) >= 11 is 0. The molecule has 2 aromatic carbocycles. The topological polar surface area (TPSA) is 25.4 Å². The van der Waals surface area contributed by atoms with Crippen LogP contribution in [-0.2, 0) is 5.41 Å². The number of fused-ring (bicyclic) bond motifs is 2. The minimum absolute atomic E-state index is 0.118. The first-order valence-corrected chi connectivity index (χ1v) is 9.41. The van der Waals surface area contributed by atoms with Gasteiger partial charge in [0.1, 0.15) is 5.69 Å². The van der Waals surface area contributed by atoms with Gasteiger partial charge in [0.2, 0.25) is 5.88 Å². The van der Waals surface area contributed by atoms with Crippen molar-refractivity contribution >= 4 is 17.1 Å². The summed E-state index contributed by atoms with van der Waals surface area (Å²) < 4.78 is 6.09. The van der Waals surface area contributed by atoms with Crippen LogP contribution in [0.1, 0.15) is 43.0 Å². The molecule has 0 bridgehead atoms. The van der Waals surface area contributed by atoms with E-state index in [-0.39, 0.29) is 5.41 Å². The zero-order chi connectivity index (χ0) is 19.3. The molecule has 0 radical (unpaired) electrons. The monoisotopic (exact) mass is 358 g/mol. The lowest BCUT2D eigenvalue weighted by Crippen LogP contribution is -2.20. The highest BCUT2D eigenvalue weighted by atomic mass is 16.5. The second-order valence-corrected chi connectivity index (χ2v) is 8.44. The van der Waals surface area contributed by atoms with Gasteiger partial charge in [0.15, 0.2) is 5.75 Å². The number of nitrogens with zero attached hydrogens (tertiary/aromatic N) is 2. The Morgan fingerprint density at radius 1 is 0.889 bits per heavy atom. The van der Waals surface area contributed by atoms with Gasteiger partial charge in [0.05, 0.1) is 11.4 Å². The normalized spacial score (nSPS) is 13.0. The minimum atomic E-state index is 0.118. The molecular weight excluding hydrogens is 332 g/mol. The lowest BCUT2D eigenvalue weighted by Gasteiger charge is -2.35. The molecule has 1 aliphatic heterocycles. The lowest BCUT2D eigenvalue weighted by atomic mass is 9.84. The predicted octanol–water partition coefficient (Wildman–Crippen LogP) is 6.88. The maximum absolute atomic E-state index is 6.09. The van der Waals surface area contributed by atoms with E-state index in [9.17, 15) is 0 Å². The van der Waals surface area contributed by atoms with Crippen LogP contribution < -0.4 is 9.64 Å². The van der Waals surface area contributed by atoms with Crippen molar-refractivity contribution in [2.45, 2.75) is 47.0 Å². The molecule has 4 rings (SSSR count). The van der Waals surface area contributed by atoms with Crippen LogP contribution >= 0.6 is 0 Å². The molecule has 2 heterocycles. The van der Waals surface area contributed by atoms with Crippen molar-refractivity contribution in [1.29, 1.82) is 0 Å². The first-order chi connectivity index (χ1) is 12.8. The van der Waals surface area contributed by atoms with E-state index in [2.05, 4.69) is 81.8 Å². The Bertz CT molecular complexity index is 1010. The Morgan fingerprint density at radius 2 is 1.59 bits per heavy atom. The van der Waals surface area contributed by atoms with Crippen LogP contribution in [-0.4, -0.2) is 4.98 Å². The zero-order valence-corrected chi connectivity index (χ0v) is 16.9. The van der Waals surface area contributed by atoms with Crippen molar-refractivity contribution in [3.05, 3.63) is 70.9 Å². The van der Waals surface area contributed by atoms with Crippen molar-refractivity contribution in [2.75, 3.05) is 4.90 Å². The van der Waals surface area contributed by atoms with Gasteiger partial charge in [-0.15, -0.1) is 0 Å². The molecule has 1 aliphatic rings. The van der Waals surface area contributed by atoms with Gasteiger partial charge in [-0.05, 0) is 72.7 Å². The quantitative estimate of drug-likeness (QED) is 0.371. The van der Waals surface area contributed by atoms with Gasteiger partial charge in [0.25, 0.3) is 0 Å². The van der Waals surface area contributed by atoms with E-state index in [1.807, 2.05) is 12.1 Å². The van der Waals surface area contributed by atoms with Crippen molar-refractivity contribution in [3.8, 4) is 11.6 Å². The standard InChI is InChI=1S/C24H26N2O/c1-15-9-10-21-20(12-15)26(19-8-7-11-25-23(19)27-21)22-16(2)13-18(14-17(22)3)24(4,5)6/h7-14H,1-6H3. The van der Waals surface area contributed by atoms with E-state index in [4.69, 9.17) is 4.74 Å². The van der Waals surface area contributed by atoms with Crippen LogP contribution in [0.5, 0.6) is 11.6 Å². The highest BCUT2D eigenvalue weighted by molar-refractivity contribution is 5.88. The van der Waals surface area contributed by atoms with Gasteiger partial charge in [-0.25, -0.2) is 4.98 Å². The van der Waals surface area contributed by atoms with E-state index in [0.717, 1.165) is 17.1 Å². The van der Waals surface area contributed by atoms with E-state index in [1.54, 1.807) is 6.20 Å². The number of anilines is 3. The Kier molecular flexibility index (Phi) is 3.99. The molecule has 0 spiro atoms. The van der Waals surface area contributed by atoms with Crippen molar-refractivity contribution in [3.63, 3.8) is 0 Å². The summed E-state index contributed by atoms with van der Waals surface area (Å²) in [5.74, 6) is 1.48. The molecule has 0 saturated heterocycles. The first kappa shape index (κ1) is 17.6. The SMILES string of the molecule is Cc1ccc2c(c1)N(c1c(C)cc(C(C)(C)C)cc1C)c1cccnc1O2. The van der Waals surface area contributed by atoms with Crippen LogP contribution in [0.2, 0.25) is 0 Å². The third-order valence-corrected chi connectivity index (χ3v) is 5.13. The fourth-order valence-corrected chi connectivity index (χ4v) is 3.74. The highest BCUT2D eigenvalue weighted by Crippen LogP contribution is 2.51. The molecule has 27 heavy (non-hydrogen) atoms. The van der Waals surface area contributed by atoms with Gasteiger partial charge >= 0.3 is 0 Å². The molecule has 0 atom stereocenters. The summed E-state index contributed by atoms with van der Waals surface area (Å²) in [4.78, 5) is 6.77. The molecule has 0 saturated carbocycles. The molecule has 3 nitrogen and oxygen atoms in total. The molecule has 0 N–H and O–H groups in total. The summed E-state index contributed by atoms with van der Waals surface area (Å²) in [7, 11) is 0. The van der Waals surface area contributed by atoms with Crippen LogP contribution in [0, 0.1) is 20.8 Å². The molecule has 0 unspecified atom stereocenters. The van der Waals surface area contributed by atoms with Gasteiger partial charge in [-0.3, -0.25) is 0 Å². The zero-order valence-electron chi connectivity index (χ0n) is 16.9. The van der Waals surface area contributed by atoms with E-state index >= 15 is 0 Å². The predicted molar refractivity (Wildman–Crippen MR) is 112 cm³/mol. The molecule has 3 heteroatoms. The number of hydrogen-bond donors (Lipinski definition) is 0. The third-order valence-electron chi connectivity index (χ3n) is 5.13. The Balaban J connectivity index is 1.99. The smallest absolute Gasteiger partial charge is 0.243 e. The number of rotatable bonds is 1. The average Bonchev–Trinajstić information content (AvgIpc) is 2.60. The lowest BCUT2D eigenvalue weighted by molar-refractivity contribution is 0.457. The Morgan fingerprint density at radius 3 is 2.26 bits per heavy atom. The minimum Gasteiger partial charge on any atom is -0.435 e. The molecule has 0 aliphatic carbocycles. The van der Waals surface area contributed by atoms with Crippen molar-refractivity contribution in [1.82, 2.24) is 4.98 Å². The summed E-state index contributed by atoms with van der Waals surface area (Å²) in [6.07, 6.45) is 1.78. The van der Waals surface area contributed by atoms with Gasteiger partial charge < -0.3 is 9.64 Å². The van der Waals surface area contributed by atoms with Crippen LogP contribution in [0.25, 0.3) is 0 Å². The number of aryl methyl sites for hydroxylation is 3. The number of hydrogen-bond acceptors (Lipinski definition) is 3. The number of aromatic nitrogens is 1. The summed E-state index contributed by atoms with van der Waals surface area (Å²) in [6.45, 7) is 13.3. The number of benzene rings is 2. The second kappa shape index (κ2) is 6.12. The van der Waals surface area contributed by atoms with Crippen LogP contribution in [0.4, 0.5) is 17.1 Å². The second-order valence-electron chi connectivity index (χ2n) is 8.44. The molecule has 0 fully saturated rings. The van der Waals surface area contributed by atoms with E-state index in [0.29, 0.717) is 5.88 Å².